The van der Waals surface area contributed by atoms with Crippen LogP contribution < -0.4 is 0 Å². The Kier molecular flexibility index (Phi) is 4.83. The van der Waals surface area contributed by atoms with Crippen LogP contribution in [-0.2, 0) is 17.7 Å². The van der Waals surface area contributed by atoms with Crippen molar-refractivity contribution in [1.82, 2.24) is 9.78 Å². The summed E-state index contributed by atoms with van der Waals surface area (Å²) >= 11 is 3.52. The smallest absolute Gasteiger partial charge is 0.337 e. The number of methoxy groups -OCH3 is 1. The van der Waals surface area contributed by atoms with Crippen LogP contribution in [0.3, 0.4) is 0 Å². The molecule has 0 saturated heterocycles. The fraction of sp³-hybridized carbons (Fsp3) is 0.375. The lowest BCUT2D eigenvalue weighted by atomic mass is 10.1. The maximum Gasteiger partial charge on any atom is 0.337 e. The quantitative estimate of drug-likeness (QED) is 0.790. The molecule has 0 fully saturated rings. The zero-order valence-corrected chi connectivity index (χ0v) is 14.3. The minimum atomic E-state index is -0.332. The molecule has 0 aliphatic rings. The molecule has 2 aromatic rings. The van der Waals surface area contributed by atoms with Crippen molar-refractivity contribution in [2.45, 2.75) is 33.7 Å². The highest BCUT2D eigenvalue weighted by Gasteiger charge is 2.13. The first-order valence-electron chi connectivity index (χ1n) is 6.87. The van der Waals surface area contributed by atoms with E-state index in [1.807, 2.05) is 17.7 Å². The first-order chi connectivity index (χ1) is 9.97. The number of esters is 1. The number of aryl methyl sites for hydroxylation is 1. The molecule has 1 heterocycles. The third-order valence-corrected chi connectivity index (χ3v) is 4.42. The predicted octanol–water partition coefficient (Wildman–Crippen LogP) is 3.66. The predicted molar refractivity (Wildman–Crippen MR) is 85.7 cm³/mol. The van der Waals surface area contributed by atoms with Crippen molar-refractivity contribution in [3.8, 4) is 0 Å². The fourth-order valence-electron chi connectivity index (χ4n) is 2.48. The Balaban J connectivity index is 2.30. The van der Waals surface area contributed by atoms with Gasteiger partial charge in [-0.3, -0.25) is 4.68 Å². The molecule has 0 amide bonds. The molecule has 0 atom stereocenters. The summed E-state index contributed by atoms with van der Waals surface area (Å²) in [5.74, 6) is -0.332. The highest BCUT2D eigenvalue weighted by atomic mass is 79.9. The van der Waals surface area contributed by atoms with E-state index in [0.29, 0.717) is 12.1 Å². The number of ether oxygens (including phenoxy) is 1. The number of aromatic nitrogens is 2. The van der Waals surface area contributed by atoms with Crippen LogP contribution in [0.4, 0.5) is 0 Å². The SMILES string of the molecule is CCc1c(C)nn(Cc2ccc(C(=O)OC)cc2Br)c1C. The maximum absolute atomic E-state index is 11.5. The highest BCUT2D eigenvalue weighted by Crippen LogP contribution is 2.22. The summed E-state index contributed by atoms with van der Waals surface area (Å²) in [5, 5.41) is 4.60. The summed E-state index contributed by atoms with van der Waals surface area (Å²) in [7, 11) is 1.38. The largest absolute Gasteiger partial charge is 0.465 e. The molecule has 0 aliphatic carbocycles. The molecule has 2 rings (SSSR count). The number of halogens is 1. The van der Waals surface area contributed by atoms with Gasteiger partial charge in [0.2, 0.25) is 0 Å². The van der Waals surface area contributed by atoms with Gasteiger partial charge in [-0.2, -0.15) is 5.10 Å². The summed E-state index contributed by atoms with van der Waals surface area (Å²) in [6.07, 6.45) is 0.986. The van der Waals surface area contributed by atoms with Gasteiger partial charge in [-0.15, -0.1) is 0 Å². The van der Waals surface area contributed by atoms with Crippen LogP contribution in [0.2, 0.25) is 0 Å². The van der Waals surface area contributed by atoms with Crippen molar-refractivity contribution in [3.63, 3.8) is 0 Å². The Hall–Kier alpha value is -1.62. The van der Waals surface area contributed by atoms with E-state index < -0.39 is 0 Å². The molecular weight excluding hydrogens is 332 g/mol. The number of benzene rings is 1. The fourth-order valence-corrected chi connectivity index (χ4v) is 2.99. The number of rotatable bonds is 4. The van der Waals surface area contributed by atoms with Crippen molar-refractivity contribution < 1.29 is 9.53 Å². The van der Waals surface area contributed by atoms with E-state index in [0.717, 1.165) is 22.2 Å². The second-order valence-corrected chi connectivity index (χ2v) is 5.81. The monoisotopic (exact) mass is 350 g/mol. The third-order valence-electron chi connectivity index (χ3n) is 3.68. The molecular formula is C16H19BrN2O2. The Bertz CT molecular complexity index is 677. The zero-order valence-electron chi connectivity index (χ0n) is 12.7. The molecule has 1 aromatic carbocycles. The van der Waals surface area contributed by atoms with Gasteiger partial charge < -0.3 is 4.74 Å². The summed E-state index contributed by atoms with van der Waals surface area (Å²) in [4.78, 5) is 11.5. The number of hydrogen-bond donors (Lipinski definition) is 0. The van der Waals surface area contributed by atoms with Crippen LogP contribution in [0.25, 0.3) is 0 Å². The standard InChI is InChI=1S/C16H19BrN2O2/c1-5-14-10(2)18-19(11(14)3)9-13-7-6-12(8-15(13)17)16(20)21-4/h6-8H,5,9H2,1-4H3. The third kappa shape index (κ3) is 3.18. The van der Waals surface area contributed by atoms with Gasteiger partial charge in [0.05, 0.1) is 24.9 Å². The second-order valence-electron chi connectivity index (χ2n) is 4.96. The minimum Gasteiger partial charge on any atom is -0.465 e. The molecule has 0 spiro atoms. The van der Waals surface area contributed by atoms with E-state index in [2.05, 4.69) is 34.9 Å². The number of carbonyl (C=O) groups excluding carboxylic acids is 1. The Morgan fingerprint density at radius 2 is 2.10 bits per heavy atom. The van der Waals surface area contributed by atoms with Crippen LogP contribution in [0.1, 0.15) is 39.8 Å². The highest BCUT2D eigenvalue weighted by molar-refractivity contribution is 9.10. The van der Waals surface area contributed by atoms with Gasteiger partial charge in [-0.25, -0.2) is 4.79 Å². The number of carbonyl (C=O) groups is 1. The van der Waals surface area contributed by atoms with Gasteiger partial charge in [0, 0.05) is 10.2 Å². The van der Waals surface area contributed by atoms with E-state index in [1.54, 1.807) is 12.1 Å². The Morgan fingerprint density at radius 3 is 2.62 bits per heavy atom. The molecule has 112 valence electrons. The van der Waals surface area contributed by atoms with Crippen LogP contribution >= 0.6 is 15.9 Å². The van der Waals surface area contributed by atoms with Gasteiger partial charge in [0.25, 0.3) is 0 Å². The molecule has 4 nitrogen and oxygen atoms in total. The lowest BCUT2D eigenvalue weighted by molar-refractivity contribution is 0.0600. The number of nitrogens with zero attached hydrogens (tertiary/aromatic N) is 2. The normalized spacial score (nSPS) is 10.7. The van der Waals surface area contributed by atoms with Gasteiger partial charge in [0.1, 0.15) is 0 Å². The van der Waals surface area contributed by atoms with E-state index in [9.17, 15) is 4.79 Å². The maximum atomic E-state index is 11.5. The van der Waals surface area contributed by atoms with Crippen LogP contribution in [-0.4, -0.2) is 22.9 Å². The van der Waals surface area contributed by atoms with Crippen LogP contribution in [0.15, 0.2) is 22.7 Å². The lowest BCUT2D eigenvalue weighted by Gasteiger charge is -2.09. The van der Waals surface area contributed by atoms with Crippen molar-refractivity contribution in [2.24, 2.45) is 0 Å². The zero-order chi connectivity index (χ0) is 15.6. The van der Waals surface area contributed by atoms with Crippen LogP contribution in [0, 0.1) is 13.8 Å². The molecule has 5 heteroatoms. The molecule has 21 heavy (non-hydrogen) atoms. The van der Waals surface area contributed by atoms with Crippen molar-refractivity contribution in [1.29, 1.82) is 0 Å². The van der Waals surface area contributed by atoms with Gasteiger partial charge in [-0.05, 0) is 43.5 Å². The molecule has 0 saturated carbocycles. The summed E-state index contributed by atoms with van der Waals surface area (Å²) in [5.41, 5.74) is 5.19. The van der Waals surface area contributed by atoms with Crippen molar-refractivity contribution in [3.05, 3.63) is 50.8 Å². The van der Waals surface area contributed by atoms with E-state index in [4.69, 9.17) is 4.74 Å². The Labute approximate surface area is 133 Å². The molecule has 0 N–H and O–H groups in total. The van der Waals surface area contributed by atoms with Crippen LogP contribution in [0.5, 0.6) is 0 Å². The molecule has 0 aliphatic heterocycles. The van der Waals surface area contributed by atoms with E-state index >= 15 is 0 Å². The van der Waals surface area contributed by atoms with E-state index in [-0.39, 0.29) is 5.97 Å². The van der Waals surface area contributed by atoms with Crippen molar-refractivity contribution >= 4 is 21.9 Å². The lowest BCUT2D eigenvalue weighted by Crippen LogP contribution is -2.06. The molecule has 0 radical (unpaired) electrons. The molecule has 1 aromatic heterocycles. The summed E-state index contributed by atoms with van der Waals surface area (Å²) in [6.45, 7) is 6.95. The van der Waals surface area contributed by atoms with Gasteiger partial charge in [-0.1, -0.05) is 28.9 Å². The van der Waals surface area contributed by atoms with E-state index in [1.165, 1.54) is 18.4 Å². The van der Waals surface area contributed by atoms with Gasteiger partial charge >= 0.3 is 5.97 Å². The minimum absolute atomic E-state index is 0.332. The average molecular weight is 351 g/mol. The average Bonchev–Trinajstić information content (AvgIpc) is 2.74. The Morgan fingerprint density at radius 1 is 1.38 bits per heavy atom. The first-order valence-corrected chi connectivity index (χ1v) is 7.66. The number of hydrogen-bond acceptors (Lipinski definition) is 3. The first kappa shape index (κ1) is 15.8. The van der Waals surface area contributed by atoms with Gasteiger partial charge in [0.15, 0.2) is 0 Å². The topological polar surface area (TPSA) is 44.1 Å². The molecule has 0 unspecified atom stereocenters. The molecule has 0 bridgehead atoms. The summed E-state index contributed by atoms with van der Waals surface area (Å²) in [6, 6.07) is 5.49. The van der Waals surface area contributed by atoms with Crippen molar-refractivity contribution in [2.75, 3.05) is 7.11 Å². The second kappa shape index (κ2) is 6.43. The summed E-state index contributed by atoms with van der Waals surface area (Å²) < 4.78 is 7.62.